The molecular formula is C24H36N4O4S. The van der Waals surface area contributed by atoms with Gasteiger partial charge >= 0.3 is 0 Å². The van der Waals surface area contributed by atoms with Crippen molar-refractivity contribution in [2.45, 2.75) is 45.1 Å². The molecule has 8 nitrogen and oxygen atoms in total. The lowest BCUT2D eigenvalue weighted by Gasteiger charge is -2.34. The first-order valence-electron chi connectivity index (χ1n) is 11.6. The van der Waals surface area contributed by atoms with E-state index in [0.717, 1.165) is 30.4 Å². The molecule has 1 N–H and O–H groups in total. The number of piperidine rings is 1. The number of aryl methyl sites for hydroxylation is 1. The summed E-state index contributed by atoms with van der Waals surface area (Å²) in [6.07, 6.45) is 3.64. The minimum Gasteiger partial charge on any atom is -0.352 e. The second-order valence-electron chi connectivity index (χ2n) is 9.44. The molecule has 9 heteroatoms. The molecule has 182 valence electrons. The fourth-order valence-electron chi connectivity index (χ4n) is 4.75. The van der Waals surface area contributed by atoms with Crippen molar-refractivity contribution in [3.8, 4) is 0 Å². The number of sulfonamides is 1. The van der Waals surface area contributed by atoms with Crippen LogP contribution in [0.4, 0.5) is 0 Å². The van der Waals surface area contributed by atoms with Gasteiger partial charge < -0.3 is 14.8 Å². The summed E-state index contributed by atoms with van der Waals surface area (Å²) in [6, 6.07) is 4.48. The van der Waals surface area contributed by atoms with Gasteiger partial charge in [-0.05, 0) is 56.3 Å². The van der Waals surface area contributed by atoms with Gasteiger partial charge in [0.15, 0.2) is 0 Å². The Balaban J connectivity index is 1.78. The van der Waals surface area contributed by atoms with Crippen LogP contribution in [0.5, 0.6) is 0 Å². The number of nitrogens with one attached hydrogen (secondary N) is 1. The molecule has 3 rings (SSSR count). The van der Waals surface area contributed by atoms with Gasteiger partial charge in [-0.1, -0.05) is 13.8 Å². The molecule has 2 heterocycles. The lowest BCUT2D eigenvalue weighted by Crippen LogP contribution is -2.40. The van der Waals surface area contributed by atoms with Gasteiger partial charge in [0, 0.05) is 51.9 Å². The van der Waals surface area contributed by atoms with Crippen molar-refractivity contribution < 1.29 is 13.2 Å². The van der Waals surface area contributed by atoms with Crippen LogP contribution in [0.2, 0.25) is 0 Å². The van der Waals surface area contributed by atoms with Gasteiger partial charge in [0.25, 0.3) is 5.91 Å². The highest BCUT2D eigenvalue weighted by Gasteiger charge is 2.22. The molecule has 2 aromatic rings. The number of amides is 1. The number of carbonyl (C=O) groups is 1. The van der Waals surface area contributed by atoms with E-state index in [4.69, 9.17) is 0 Å². The molecule has 0 radical (unpaired) electrons. The number of nitrogens with zero attached hydrogens (tertiary/aromatic N) is 3. The molecule has 1 aliphatic rings. The van der Waals surface area contributed by atoms with Crippen molar-refractivity contribution in [3.63, 3.8) is 0 Å². The molecule has 0 aliphatic carbocycles. The highest BCUT2D eigenvalue weighted by molar-refractivity contribution is 7.89. The number of benzene rings is 1. The molecule has 1 saturated heterocycles. The van der Waals surface area contributed by atoms with Crippen molar-refractivity contribution in [1.82, 2.24) is 19.1 Å². The van der Waals surface area contributed by atoms with Crippen LogP contribution in [0, 0.1) is 11.8 Å². The summed E-state index contributed by atoms with van der Waals surface area (Å²) in [5, 5.41) is 3.10. The van der Waals surface area contributed by atoms with E-state index in [1.54, 1.807) is 16.8 Å². The molecule has 0 saturated carbocycles. The Bertz CT molecular complexity index is 1160. The predicted molar refractivity (Wildman–Crippen MR) is 131 cm³/mol. The van der Waals surface area contributed by atoms with Crippen LogP contribution in [-0.4, -0.2) is 68.4 Å². The Hall–Kier alpha value is -2.23. The largest absolute Gasteiger partial charge is 0.352 e. The summed E-state index contributed by atoms with van der Waals surface area (Å²) in [4.78, 5) is 28.5. The lowest BCUT2D eigenvalue weighted by atomic mass is 9.92. The minimum atomic E-state index is -3.69. The highest BCUT2D eigenvalue weighted by atomic mass is 32.2. The number of aromatic nitrogens is 1. The van der Waals surface area contributed by atoms with Crippen LogP contribution in [-0.2, 0) is 16.6 Å². The van der Waals surface area contributed by atoms with Crippen molar-refractivity contribution in [2.75, 3.05) is 40.3 Å². The van der Waals surface area contributed by atoms with Crippen LogP contribution in [0.15, 0.2) is 34.1 Å². The second-order valence-corrected chi connectivity index (χ2v) is 11.6. The van der Waals surface area contributed by atoms with E-state index in [2.05, 4.69) is 24.1 Å². The highest BCUT2D eigenvalue weighted by Crippen LogP contribution is 2.21. The van der Waals surface area contributed by atoms with Crippen LogP contribution in [0.3, 0.4) is 0 Å². The molecule has 1 aromatic carbocycles. The van der Waals surface area contributed by atoms with E-state index >= 15 is 0 Å². The van der Waals surface area contributed by atoms with E-state index in [1.807, 2.05) is 6.92 Å². The molecule has 1 amide bonds. The Morgan fingerprint density at radius 2 is 1.85 bits per heavy atom. The zero-order valence-electron chi connectivity index (χ0n) is 20.3. The average molecular weight is 477 g/mol. The quantitative estimate of drug-likeness (QED) is 0.591. The number of likely N-dealkylation sites (tertiary alicyclic amines) is 1. The Kier molecular flexibility index (Phi) is 7.97. The molecule has 33 heavy (non-hydrogen) atoms. The van der Waals surface area contributed by atoms with E-state index in [-0.39, 0.29) is 15.8 Å². The van der Waals surface area contributed by atoms with Crippen molar-refractivity contribution in [2.24, 2.45) is 11.8 Å². The number of hydrogen-bond acceptors (Lipinski definition) is 5. The molecule has 0 bridgehead atoms. The summed E-state index contributed by atoms with van der Waals surface area (Å²) in [7, 11) is -0.807. The third-order valence-electron chi connectivity index (χ3n) is 6.30. The summed E-state index contributed by atoms with van der Waals surface area (Å²) in [6.45, 7) is 10.6. The topological polar surface area (TPSA) is 91.7 Å². The zero-order chi connectivity index (χ0) is 24.3. The Morgan fingerprint density at radius 1 is 1.18 bits per heavy atom. The Labute approximate surface area is 196 Å². The normalized spacial score (nSPS) is 19.8. The first-order valence-corrected chi connectivity index (χ1v) is 13.1. The maximum absolute atomic E-state index is 13.1. The fraction of sp³-hybridized carbons (Fsp3) is 0.583. The summed E-state index contributed by atoms with van der Waals surface area (Å²) < 4.78 is 28.0. The van der Waals surface area contributed by atoms with Gasteiger partial charge in [-0.2, -0.15) is 0 Å². The number of rotatable bonds is 8. The molecule has 0 spiro atoms. The molecule has 0 unspecified atom stereocenters. The molecule has 2 atom stereocenters. The Morgan fingerprint density at radius 3 is 2.45 bits per heavy atom. The van der Waals surface area contributed by atoms with E-state index in [0.29, 0.717) is 30.4 Å². The van der Waals surface area contributed by atoms with Crippen LogP contribution in [0.25, 0.3) is 10.9 Å². The number of carbonyl (C=O) groups excluding carboxylic acids is 1. The second kappa shape index (κ2) is 10.4. The van der Waals surface area contributed by atoms with Gasteiger partial charge in [0.1, 0.15) is 5.56 Å². The number of fused-ring (bicyclic) bond motifs is 1. The maximum Gasteiger partial charge on any atom is 0.256 e. The number of hydrogen-bond donors (Lipinski definition) is 1. The summed E-state index contributed by atoms with van der Waals surface area (Å²) in [5.41, 5.74) is 0.177. The third-order valence-corrected chi connectivity index (χ3v) is 8.11. The SMILES string of the molecule is CCn1cc(C(=O)NCCCN2C[C@@H](C)C[C@H](C)C2)c(=O)c2cc(S(=O)(=O)N(C)C)ccc21. The van der Waals surface area contributed by atoms with Gasteiger partial charge in [-0.25, -0.2) is 12.7 Å². The van der Waals surface area contributed by atoms with E-state index in [1.165, 1.54) is 32.6 Å². The van der Waals surface area contributed by atoms with Crippen LogP contribution >= 0.6 is 0 Å². The lowest BCUT2D eigenvalue weighted by molar-refractivity contribution is 0.0945. The molecule has 1 aromatic heterocycles. The fourth-order valence-corrected chi connectivity index (χ4v) is 5.67. The molecule has 1 fully saturated rings. The van der Waals surface area contributed by atoms with Crippen molar-refractivity contribution in [1.29, 1.82) is 0 Å². The van der Waals surface area contributed by atoms with Gasteiger partial charge in [0.2, 0.25) is 15.5 Å². The zero-order valence-corrected chi connectivity index (χ0v) is 21.1. The van der Waals surface area contributed by atoms with Crippen molar-refractivity contribution in [3.05, 3.63) is 40.2 Å². The molecular weight excluding hydrogens is 440 g/mol. The van der Waals surface area contributed by atoms with Gasteiger partial charge in [-0.3, -0.25) is 9.59 Å². The average Bonchev–Trinajstić information content (AvgIpc) is 2.76. The van der Waals surface area contributed by atoms with E-state index in [9.17, 15) is 18.0 Å². The van der Waals surface area contributed by atoms with Crippen molar-refractivity contribution >= 4 is 26.8 Å². The van der Waals surface area contributed by atoms with Gasteiger partial charge in [0.05, 0.1) is 10.4 Å². The first kappa shape index (κ1) is 25.4. The van der Waals surface area contributed by atoms with Gasteiger partial charge in [-0.15, -0.1) is 0 Å². The summed E-state index contributed by atoms with van der Waals surface area (Å²) >= 11 is 0. The standard InChI is InChI=1S/C24H36N4O4S/c1-6-28-16-21(24(30)25-10-7-11-27-14-17(2)12-18(3)15-27)23(29)20-13-19(8-9-22(20)28)33(31,32)26(4)5/h8-9,13,16-18H,6-7,10-12,14-15H2,1-5H3,(H,25,30)/t17-,18-/m0/s1. The monoisotopic (exact) mass is 476 g/mol. The third kappa shape index (κ3) is 5.65. The molecule has 1 aliphatic heterocycles. The van der Waals surface area contributed by atoms with E-state index < -0.39 is 21.4 Å². The maximum atomic E-state index is 13.1. The first-order chi connectivity index (χ1) is 15.5. The van der Waals surface area contributed by atoms with Crippen LogP contribution in [0.1, 0.15) is 44.0 Å². The number of pyridine rings is 1. The minimum absolute atomic E-state index is 0.0299. The summed E-state index contributed by atoms with van der Waals surface area (Å²) in [5.74, 6) is 0.953. The predicted octanol–water partition coefficient (Wildman–Crippen LogP) is 2.37. The van der Waals surface area contributed by atoms with Crippen LogP contribution < -0.4 is 10.7 Å². The smallest absolute Gasteiger partial charge is 0.256 e.